The molecule has 6 nitrogen and oxygen atoms in total. The van der Waals surface area contributed by atoms with Crippen LogP contribution in [-0.4, -0.2) is 34.3 Å². The summed E-state index contributed by atoms with van der Waals surface area (Å²) in [6.07, 6.45) is 0. The van der Waals surface area contributed by atoms with Gasteiger partial charge in [0, 0.05) is 0 Å². The molecule has 0 heterocycles. The van der Waals surface area contributed by atoms with Crippen LogP contribution in [0.15, 0.2) is 0 Å². The van der Waals surface area contributed by atoms with Crippen LogP contribution in [0.5, 0.6) is 0 Å². The maximum absolute atomic E-state index is 9.64. The van der Waals surface area contributed by atoms with E-state index in [-0.39, 0.29) is 116 Å². The summed E-state index contributed by atoms with van der Waals surface area (Å²) in [5, 5.41) is 57.8. The van der Waals surface area contributed by atoms with Gasteiger partial charge >= 0.3 is 51.2 Å². The quantitative estimate of drug-likeness (QED) is 0.169. The zero-order valence-electron chi connectivity index (χ0n) is 48.8. The molecule has 0 aliphatic heterocycles. The first kappa shape index (κ1) is 82.7. The Morgan fingerprint density at radius 2 is 0.175 bits per heavy atom. The van der Waals surface area contributed by atoms with Crippen molar-refractivity contribution in [3.8, 4) is 0 Å². The van der Waals surface area contributed by atoms with Gasteiger partial charge in [0.25, 0.3) is 0 Å². The summed E-state index contributed by atoms with van der Waals surface area (Å²) in [6.45, 7) is 72.8. The summed E-state index contributed by atoms with van der Waals surface area (Å²) < 4.78 is 0. The molecule has 9 heteroatoms. The van der Waals surface area contributed by atoms with Crippen molar-refractivity contribution in [3.05, 3.63) is 32.5 Å². The van der Waals surface area contributed by atoms with Gasteiger partial charge in [-0.2, -0.15) is 34.3 Å². The van der Waals surface area contributed by atoms with Gasteiger partial charge in [0.2, 0.25) is 0 Å². The van der Waals surface area contributed by atoms with Crippen molar-refractivity contribution < 1.29 is 51.2 Å². The van der Waals surface area contributed by atoms with Gasteiger partial charge in [-0.05, 0) is 65.0 Å². The van der Waals surface area contributed by atoms with Gasteiger partial charge < -0.3 is 32.5 Å². The van der Waals surface area contributed by atoms with E-state index in [4.69, 9.17) is 0 Å². The van der Waals surface area contributed by atoms with Gasteiger partial charge in [-0.15, -0.1) is 0 Å². The Morgan fingerprint density at radius 3 is 0.175 bits per heavy atom. The summed E-state index contributed by atoms with van der Waals surface area (Å²) in [5.74, 6) is 0. The predicted octanol–water partition coefficient (Wildman–Crippen LogP) is 18.5. The minimum Gasteiger partial charge on any atom is -0.810 e. The molecule has 0 unspecified atom stereocenters. The summed E-state index contributed by atoms with van der Waals surface area (Å²) in [7, 11) is 0. The summed E-state index contributed by atoms with van der Waals surface area (Å²) >= 11 is 0. The van der Waals surface area contributed by atoms with Gasteiger partial charge in [-0.1, -0.05) is 249 Å². The van der Waals surface area contributed by atoms with E-state index >= 15 is 0 Å². The zero-order valence-corrected chi connectivity index (χ0v) is 52.4. The van der Waals surface area contributed by atoms with Crippen molar-refractivity contribution in [1.29, 1.82) is 0 Å². The Morgan fingerprint density at radius 1 is 0.143 bits per heavy atom. The van der Waals surface area contributed by atoms with Crippen LogP contribution in [0, 0.1) is 65.0 Å². The molecule has 0 rings (SSSR count). The predicted molar refractivity (Wildman–Crippen MR) is 284 cm³/mol. The topological polar surface area (TPSA) is 134 Å². The fourth-order valence-corrected chi connectivity index (χ4v) is 6.75. The molecule has 0 aliphatic carbocycles. The summed E-state index contributed by atoms with van der Waals surface area (Å²) in [5.41, 5.74) is 2.40. The Bertz CT molecular complexity index is 991. The number of nitrogens with zero attached hydrogens (tertiary/aromatic N) is 6. The summed E-state index contributed by atoms with van der Waals surface area (Å²) in [6, 6.07) is 0. The molecule has 0 aliphatic rings. The third kappa shape index (κ3) is 42.7. The van der Waals surface area contributed by atoms with Crippen LogP contribution < -0.4 is 0 Å². The van der Waals surface area contributed by atoms with Crippen molar-refractivity contribution in [2.24, 2.45) is 65.0 Å². The second-order valence-corrected chi connectivity index (χ2v) is 29.1. The molecule has 0 atom stereocenters. The largest absolute Gasteiger partial charge is 2.00 e. The van der Waals surface area contributed by atoms with E-state index in [1.54, 1.807) is 0 Å². The molecular weight excluding hydrogens is 897 g/mol. The molecule has 375 valence electrons. The van der Waals surface area contributed by atoms with Gasteiger partial charge in [0.05, 0.1) is 0 Å². The molecule has 0 aromatic heterocycles. The maximum atomic E-state index is 9.64. The minimum absolute atomic E-state index is 0. The average molecular weight is 1010 g/mol. The molecule has 0 saturated carbocycles. The van der Waals surface area contributed by atoms with Crippen LogP contribution in [-0.2, 0) is 51.2 Å². The van der Waals surface area contributed by atoms with Crippen molar-refractivity contribution in [2.45, 2.75) is 249 Å². The van der Waals surface area contributed by atoms with E-state index in [0.717, 1.165) is 0 Å². The van der Waals surface area contributed by atoms with Crippen LogP contribution >= 0.6 is 0 Å². The van der Waals surface area contributed by atoms with Crippen LogP contribution in [0.1, 0.15) is 249 Å². The molecule has 0 fully saturated rings. The molecule has 0 bridgehead atoms. The molecule has 0 amide bonds. The van der Waals surface area contributed by atoms with Gasteiger partial charge in [0.1, 0.15) is 0 Å². The van der Waals surface area contributed by atoms with Crippen LogP contribution in [0.2, 0.25) is 0 Å². The minimum atomic E-state index is -0.0851. The van der Waals surface area contributed by atoms with E-state index in [1.807, 2.05) is 249 Å². The third-order valence-corrected chi connectivity index (χ3v) is 8.52. The van der Waals surface area contributed by atoms with Crippen molar-refractivity contribution in [3.63, 3.8) is 0 Å². The number of hydrogen-bond acceptors (Lipinski definition) is 0. The SMILES string of the molecule is CC(C)(C)C(=[N-])C(C)(C)C.CC(C)(C)C(=[N-])C(C)(C)C.CC(C)(C)C(=[N-])C(C)(C)C.CC(C)(C)C(=[N-])C(C)(C)C.CC(C)(C)C(=[N-])C(C)(C)C.CC(C)(C)C(=[N-])C(C)(C)C.[Mn+2].[Mn+2].[Mn+2]. The van der Waals surface area contributed by atoms with E-state index < -0.39 is 0 Å². The van der Waals surface area contributed by atoms with Crippen LogP contribution in [0.3, 0.4) is 0 Å². The Balaban J connectivity index is -0.0000000786. The van der Waals surface area contributed by atoms with E-state index in [0.29, 0.717) is 34.3 Å². The van der Waals surface area contributed by atoms with Gasteiger partial charge in [-0.25, -0.2) is 0 Å². The Hall–Kier alpha value is -0.422. The second kappa shape index (κ2) is 28.2. The van der Waals surface area contributed by atoms with Crippen molar-refractivity contribution in [2.75, 3.05) is 0 Å². The molecule has 0 aromatic rings. The molecule has 0 saturated heterocycles. The van der Waals surface area contributed by atoms with E-state index in [9.17, 15) is 32.5 Å². The fraction of sp³-hybridized carbons (Fsp3) is 0.889. The standard InChI is InChI=1S/6C9H18N.3Mn/c6*1-8(2,3)7(10)9(4,5)6;;;/h6*1-6H3;;;/q6*-1;3*+2. The number of hydrogen-bond donors (Lipinski definition) is 0. The van der Waals surface area contributed by atoms with Crippen LogP contribution in [0.25, 0.3) is 32.5 Å². The first-order valence-corrected chi connectivity index (χ1v) is 22.3. The average Bonchev–Trinajstić information content (AvgIpc) is 2.90. The Kier molecular flexibility index (Phi) is 37.0. The molecule has 0 aromatic carbocycles. The molecule has 3 radical (unpaired) electrons. The fourth-order valence-electron chi connectivity index (χ4n) is 6.75. The summed E-state index contributed by atoms with van der Waals surface area (Å²) in [4.78, 5) is 0. The van der Waals surface area contributed by atoms with E-state index in [1.165, 1.54) is 0 Å². The second-order valence-electron chi connectivity index (χ2n) is 29.1. The van der Waals surface area contributed by atoms with Crippen molar-refractivity contribution in [1.82, 2.24) is 0 Å². The molecular formula is C54H108Mn3N6. The molecule has 0 N–H and O–H groups in total. The molecule has 63 heavy (non-hydrogen) atoms. The smallest absolute Gasteiger partial charge is 0.810 e. The van der Waals surface area contributed by atoms with Crippen molar-refractivity contribution >= 4 is 34.3 Å². The van der Waals surface area contributed by atoms with Gasteiger partial charge in [-0.3, -0.25) is 0 Å². The zero-order chi connectivity index (χ0) is 51.5. The number of rotatable bonds is 0. The van der Waals surface area contributed by atoms with E-state index in [2.05, 4.69) is 0 Å². The third-order valence-electron chi connectivity index (χ3n) is 8.52. The van der Waals surface area contributed by atoms with Crippen LogP contribution in [0.4, 0.5) is 0 Å². The maximum Gasteiger partial charge on any atom is 2.00 e. The normalized spacial score (nSPS) is 12.8. The van der Waals surface area contributed by atoms with Gasteiger partial charge in [0.15, 0.2) is 0 Å². The Labute approximate surface area is 429 Å². The first-order chi connectivity index (χ1) is 24.9. The first-order valence-electron chi connectivity index (χ1n) is 22.3. The molecule has 0 spiro atoms. The monoisotopic (exact) mass is 1010 g/mol.